The van der Waals surface area contributed by atoms with E-state index in [0.717, 1.165) is 14.9 Å². The largest absolute Gasteiger partial charge is 0.497 e. The van der Waals surface area contributed by atoms with Gasteiger partial charge in [0.2, 0.25) is 0 Å². The fourth-order valence-electron chi connectivity index (χ4n) is 1.71. The van der Waals surface area contributed by atoms with Crippen molar-refractivity contribution in [3.63, 3.8) is 0 Å². The molecule has 19 heavy (non-hydrogen) atoms. The Morgan fingerprint density at radius 2 is 1.89 bits per heavy atom. The van der Waals surface area contributed by atoms with E-state index in [0.29, 0.717) is 17.2 Å². The van der Waals surface area contributed by atoms with Gasteiger partial charge in [0.1, 0.15) is 5.75 Å². The molecule has 0 amide bonds. The second-order valence-corrected chi connectivity index (χ2v) is 6.42. The van der Waals surface area contributed by atoms with E-state index in [2.05, 4.69) is 15.9 Å². The van der Waals surface area contributed by atoms with E-state index in [4.69, 9.17) is 10.5 Å². The van der Waals surface area contributed by atoms with Crippen molar-refractivity contribution < 1.29 is 8.95 Å². The zero-order chi connectivity index (χ0) is 13.8. The molecule has 2 N–H and O–H groups in total. The lowest BCUT2D eigenvalue weighted by atomic mass is 10.2. The lowest BCUT2D eigenvalue weighted by Gasteiger charge is -2.07. The monoisotopic (exact) mass is 339 g/mol. The van der Waals surface area contributed by atoms with E-state index in [-0.39, 0.29) is 0 Å². The maximum absolute atomic E-state index is 12.3. The predicted octanol–water partition coefficient (Wildman–Crippen LogP) is 3.35. The second kappa shape index (κ2) is 6.21. The smallest absolute Gasteiger partial charge is 0.121 e. The third kappa shape index (κ3) is 3.81. The highest BCUT2D eigenvalue weighted by Gasteiger charge is 2.07. The van der Waals surface area contributed by atoms with E-state index in [1.54, 1.807) is 13.2 Å². The molecule has 1 unspecified atom stereocenters. The van der Waals surface area contributed by atoms with Crippen molar-refractivity contribution in [2.24, 2.45) is 0 Å². The Labute approximate surface area is 123 Å². The van der Waals surface area contributed by atoms with Crippen LogP contribution >= 0.6 is 15.9 Å². The summed E-state index contributed by atoms with van der Waals surface area (Å²) in [7, 11) is 0.494. The Morgan fingerprint density at radius 1 is 1.21 bits per heavy atom. The molecule has 0 spiro atoms. The third-order valence-corrected chi connectivity index (χ3v) is 4.52. The van der Waals surface area contributed by atoms with Gasteiger partial charge in [-0.15, -0.1) is 0 Å². The molecule has 100 valence electrons. The van der Waals surface area contributed by atoms with E-state index in [9.17, 15) is 4.21 Å². The first-order chi connectivity index (χ1) is 9.08. The fourth-order valence-corrected chi connectivity index (χ4v) is 3.05. The zero-order valence-electron chi connectivity index (χ0n) is 10.4. The summed E-state index contributed by atoms with van der Waals surface area (Å²) in [4.78, 5) is 0.796. The van der Waals surface area contributed by atoms with E-state index in [1.165, 1.54) is 0 Å². The van der Waals surface area contributed by atoms with Crippen LogP contribution in [0.4, 0.5) is 5.69 Å². The summed E-state index contributed by atoms with van der Waals surface area (Å²) in [5.74, 6) is 1.10. The molecule has 1 atom stereocenters. The molecule has 5 heteroatoms. The fraction of sp³-hybridized carbons (Fsp3) is 0.143. The maximum Gasteiger partial charge on any atom is 0.121 e. The van der Waals surface area contributed by atoms with Gasteiger partial charge in [-0.25, -0.2) is 0 Å². The van der Waals surface area contributed by atoms with Crippen molar-refractivity contribution in [1.82, 2.24) is 0 Å². The lowest BCUT2D eigenvalue weighted by Crippen LogP contribution is -1.98. The van der Waals surface area contributed by atoms with Crippen LogP contribution in [0.2, 0.25) is 0 Å². The molecule has 0 bridgehead atoms. The molecular formula is C14H14BrNO2S. The van der Waals surface area contributed by atoms with Crippen LogP contribution in [0.5, 0.6) is 5.75 Å². The quantitative estimate of drug-likeness (QED) is 0.869. The normalized spacial score (nSPS) is 12.1. The molecule has 2 aromatic carbocycles. The summed E-state index contributed by atoms with van der Waals surface area (Å²) in [5.41, 5.74) is 7.30. The molecule has 2 rings (SSSR count). The predicted molar refractivity (Wildman–Crippen MR) is 81.7 cm³/mol. The molecule has 2 aromatic rings. The molecule has 0 radical (unpaired) electrons. The molecular weight excluding hydrogens is 326 g/mol. The number of rotatable bonds is 4. The minimum atomic E-state index is -1.09. The third-order valence-electron chi connectivity index (χ3n) is 2.60. The van der Waals surface area contributed by atoms with Crippen molar-refractivity contribution in [1.29, 1.82) is 0 Å². The van der Waals surface area contributed by atoms with Crippen LogP contribution in [-0.2, 0) is 16.6 Å². The Balaban J connectivity index is 2.18. The van der Waals surface area contributed by atoms with Crippen molar-refractivity contribution >= 4 is 32.4 Å². The van der Waals surface area contributed by atoms with Gasteiger partial charge in [0.25, 0.3) is 0 Å². The molecule has 0 aromatic heterocycles. The van der Waals surface area contributed by atoms with Gasteiger partial charge in [0.05, 0.1) is 23.7 Å². The highest BCUT2D eigenvalue weighted by molar-refractivity contribution is 9.10. The highest BCUT2D eigenvalue weighted by Crippen LogP contribution is 2.22. The van der Waals surface area contributed by atoms with Crippen LogP contribution in [0.15, 0.2) is 51.8 Å². The zero-order valence-corrected chi connectivity index (χ0v) is 12.8. The lowest BCUT2D eigenvalue weighted by molar-refractivity contribution is 0.414. The number of methoxy groups -OCH3 is 1. The number of halogens is 1. The average molecular weight is 340 g/mol. The van der Waals surface area contributed by atoms with E-state index in [1.807, 2.05) is 36.4 Å². The number of nitrogen functional groups attached to an aromatic ring is 1. The molecule has 3 nitrogen and oxygen atoms in total. The molecule has 0 aliphatic carbocycles. The summed E-state index contributed by atoms with van der Waals surface area (Å²) in [6.45, 7) is 0. The minimum Gasteiger partial charge on any atom is -0.497 e. The SMILES string of the molecule is COc1cc(N)cc(CS(=O)c2ccc(Br)cc2)c1. The van der Waals surface area contributed by atoms with Crippen LogP contribution in [0.1, 0.15) is 5.56 Å². The Kier molecular flexibility index (Phi) is 4.61. The van der Waals surface area contributed by atoms with Gasteiger partial charge in [0.15, 0.2) is 0 Å². The van der Waals surface area contributed by atoms with Crippen molar-refractivity contribution in [3.05, 3.63) is 52.5 Å². The van der Waals surface area contributed by atoms with Crippen LogP contribution in [0.3, 0.4) is 0 Å². The van der Waals surface area contributed by atoms with Gasteiger partial charge in [0, 0.05) is 21.1 Å². The number of nitrogens with two attached hydrogens (primary N) is 1. The van der Waals surface area contributed by atoms with Gasteiger partial charge in [-0.05, 0) is 42.0 Å². The molecule has 0 aliphatic rings. The van der Waals surface area contributed by atoms with Crippen molar-refractivity contribution in [3.8, 4) is 5.75 Å². The summed E-state index contributed by atoms with van der Waals surface area (Å²) in [6.07, 6.45) is 0. The number of hydrogen-bond donors (Lipinski definition) is 1. The standard InChI is InChI=1S/C14H14BrNO2S/c1-18-13-7-10(6-12(16)8-13)9-19(17)14-4-2-11(15)3-5-14/h2-8H,9,16H2,1H3. The van der Waals surface area contributed by atoms with Gasteiger partial charge in [-0.1, -0.05) is 15.9 Å². The Bertz CT molecular complexity index is 599. The first kappa shape index (κ1) is 14.1. The van der Waals surface area contributed by atoms with Crippen LogP contribution in [-0.4, -0.2) is 11.3 Å². The number of benzene rings is 2. The minimum absolute atomic E-state index is 0.420. The number of ether oxygens (including phenoxy) is 1. The highest BCUT2D eigenvalue weighted by atomic mass is 79.9. The summed E-state index contributed by atoms with van der Waals surface area (Å²) < 4.78 is 18.4. The van der Waals surface area contributed by atoms with E-state index < -0.39 is 10.8 Å². The first-order valence-electron chi connectivity index (χ1n) is 5.66. The van der Waals surface area contributed by atoms with Gasteiger partial charge in [-0.2, -0.15) is 0 Å². The molecule has 0 aliphatic heterocycles. The Morgan fingerprint density at radius 3 is 2.53 bits per heavy atom. The average Bonchev–Trinajstić information content (AvgIpc) is 2.38. The first-order valence-corrected chi connectivity index (χ1v) is 7.77. The van der Waals surface area contributed by atoms with E-state index >= 15 is 0 Å². The van der Waals surface area contributed by atoms with Gasteiger partial charge < -0.3 is 10.5 Å². The molecule has 0 saturated carbocycles. The molecule has 0 saturated heterocycles. The van der Waals surface area contributed by atoms with Crippen LogP contribution in [0.25, 0.3) is 0 Å². The van der Waals surface area contributed by atoms with Crippen molar-refractivity contribution in [2.75, 3.05) is 12.8 Å². The summed E-state index contributed by atoms with van der Waals surface area (Å²) in [5, 5.41) is 0. The molecule has 0 fully saturated rings. The Hall–Kier alpha value is -1.33. The number of anilines is 1. The van der Waals surface area contributed by atoms with Crippen molar-refractivity contribution in [2.45, 2.75) is 10.6 Å². The summed E-state index contributed by atoms with van der Waals surface area (Å²) in [6, 6.07) is 12.9. The van der Waals surface area contributed by atoms with Crippen LogP contribution in [0, 0.1) is 0 Å². The second-order valence-electron chi connectivity index (χ2n) is 4.06. The maximum atomic E-state index is 12.3. The molecule has 0 heterocycles. The van der Waals surface area contributed by atoms with Gasteiger partial charge in [-0.3, -0.25) is 4.21 Å². The van der Waals surface area contributed by atoms with Crippen LogP contribution < -0.4 is 10.5 Å². The van der Waals surface area contributed by atoms with Gasteiger partial charge >= 0.3 is 0 Å². The summed E-state index contributed by atoms with van der Waals surface area (Å²) >= 11 is 3.36. The number of hydrogen-bond acceptors (Lipinski definition) is 3. The topological polar surface area (TPSA) is 52.3 Å².